The van der Waals surface area contributed by atoms with Crippen LogP contribution >= 0.6 is 11.6 Å². The first-order valence-corrected chi connectivity index (χ1v) is 7.20. The fraction of sp³-hybridized carbons (Fsp3) is 0.188. The van der Waals surface area contributed by atoms with Crippen LogP contribution in [0.15, 0.2) is 54.6 Å². The molecular weight excluding hydrogens is 302 g/mol. The Balaban J connectivity index is 1.83. The molecule has 2 N–H and O–H groups in total. The summed E-state index contributed by atoms with van der Waals surface area (Å²) in [5.74, 6) is 0.935. The molecular formula is C16H16ClN3O2. The second kappa shape index (κ2) is 6.25. The summed E-state index contributed by atoms with van der Waals surface area (Å²) in [5.41, 5.74) is 7.76. The van der Waals surface area contributed by atoms with Crippen molar-refractivity contribution in [1.82, 2.24) is 10.0 Å². The highest BCUT2D eigenvalue weighted by atomic mass is 35.5. The summed E-state index contributed by atoms with van der Waals surface area (Å²) < 4.78 is 5.08. The minimum Gasteiger partial charge on any atom is -0.481 e. The average molecular weight is 318 g/mol. The lowest BCUT2D eigenvalue weighted by atomic mass is 10.1. The van der Waals surface area contributed by atoms with Crippen molar-refractivity contribution in [2.75, 3.05) is 7.11 Å². The number of halogens is 1. The van der Waals surface area contributed by atoms with E-state index in [1.165, 1.54) is 0 Å². The molecule has 0 bridgehead atoms. The Morgan fingerprint density at radius 2 is 2.14 bits per heavy atom. The molecule has 0 amide bonds. The number of rotatable bonds is 4. The SMILES string of the molecule is COc1ccc(C2C=C(N)ON2Cc2ccccc2Cl)cn1. The average Bonchev–Trinajstić information content (AvgIpc) is 2.90. The minimum atomic E-state index is -0.116. The zero-order valence-corrected chi connectivity index (χ0v) is 12.8. The van der Waals surface area contributed by atoms with Crippen molar-refractivity contribution in [2.24, 2.45) is 5.73 Å². The summed E-state index contributed by atoms with van der Waals surface area (Å²) >= 11 is 6.21. The zero-order valence-electron chi connectivity index (χ0n) is 12.1. The van der Waals surface area contributed by atoms with E-state index < -0.39 is 0 Å². The minimum absolute atomic E-state index is 0.116. The Morgan fingerprint density at radius 1 is 1.32 bits per heavy atom. The molecule has 0 saturated heterocycles. The van der Waals surface area contributed by atoms with Gasteiger partial charge in [0.05, 0.1) is 19.7 Å². The third-order valence-corrected chi connectivity index (χ3v) is 3.82. The van der Waals surface area contributed by atoms with E-state index >= 15 is 0 Å². The second-order valence-electron chi connectivity index (χ2n) is 4.91. The largest absolute Gasteiger partial charge is 0.481 e. The van der Waals surface area contributed by atoms with Gasteiger partial charge in [-0.1, -0.05) is 35.9 Å². The van der Waals surface area contributed by atoms with Crippen LogP contribution < -0.4 is 10.5 Å². The molecule has 1 unspecified atom stereocenters. The van der Waals surface area contributed by atoms with E-state index in [0.29, 0.717) is 23.3 Å². The van der Waals surface area contributed by atoms with Crippen LogP contribution in [0.3, 0.4) is 0 Å². The van der Waals surface area contributed by atoms with E-state index in [-0.39, 0.29) is 6.04 Å². The van der Waals surface area contributed by atoms with Crippen molar-refractivity contribution in [1.29, 1.82) is 0 Å². The molecule has 2 aromatic rings. The van der Waals surface area contributed by atoms with Gasteiger partial charge in [0.15, 0.2) is 0 Å². The van der Waals surface area contributed by atoms with Crippen LogP contribution in [0.5, 0.6) is 5.88 Å². The van der Waals surface area contributed by atoms with Gasteiger partial charge in [0, 0.05) is 23.4 Å². The summed E-state index contributed by atoms with van der Waals surface area (Å²) in [6.45, 7) is 0.521. The van der Waals surface area contributed by atoms with Gasteiger partial charge in [-0.25, -0.2) is 4.98 Å². The Kier molecular flexibility index (Phi) is 4.18. The molecule has 1 atom stereocenters. The molecule has 5 nitrogen and oxygen atoms in total. The molecule has 1 aromatic carbocycles. The van der Waals surface area contributed by atoms with Gasteiger partial charge in [-0.2, -0.15) is 0 Å². The van der Waals surface area contributed by atoms with Crippen molar-refractivity contribution in [2.45, 2.75) is 12.6 Å². The molecule has 0 aliphatic carbocycles. The molecule has 0 radical (unpaired) electrons. The Morgan fingerprint density at radius 3 is 2.82 bits per heavy atom. The molecule has 114 valence electrons. The maximum Gasteiger partial charge on any atom is 0.212 e. The van der Waals surface area contributed by atoms with E-state index in [1.807, 2.05) is 42.5 Å². The maximum absolute atomic E-state index is 6.21. The molecule has 1 aliphatic rings. The Bertz CT molecular complexity index is 688. The van der Waals surface area contributed by atoms with Crippen LogP contribution in [0.25, 0.3) is 0 Å². The quantitative estimate of drug-likeness (QED) is 0.939. The van der Waals surface area contributed by atoms with Crippen LogP contribution in [0.1, 0.15) is 17.2 Å². The fourth-order valence-electron chi connectivity index (χ4n) is 2.34. The van der Waals surface area contributed by atoms with Gasteiger partial charge >= 0.3 is 0 Å². The smallest absolute Gasteiger partial charge is 0.212 e. The predicted octanol–water partition coefficient (Wildman–Crippen LogP) is 3.03. The van der Waals surface area contributed by atoms with Gasteiger partial charge in [0.25, 0.3) is 0 Å². The molecule has 1 aromatic heterocycles. The number of aromatic nitrogens is 1. The van der Waals surface area contributed by atoms with Gasteiger partial charge in [0.1, 0.15) is 0 Å². The number of nitrogens with zero attached hydrogens (tertiary/aromatic N) is 2. The van der Waals surface area contributed by atoms with Crippen molar-refractivity contribution in [3.05, 3.63) is 70.7 Å². The lowest BCUT2D eigenvalue weighted by Crippen LogP contribution is -2.23. The van der Waals surface area contributed by atoms with Crippen molar-refractivity contribution in [3.63, 3.8) is 0 Å². The number of hydrogen-bond acceptors (Lipinski definition) is 5. The highest BCUT2D eigenvalue weighted by Gasteiger charge is 2.28. The Labute approximate surface area is 133 Å². The summed E-state index contributed by atoms with van der Waals surface area (Å²) in [4.78, 5) is 9.82. The monoisotopic (exact) mass is 317 g/mol. The normalized spacial score (nSPS) is 17.9. The second-order valence-corrected chi connectivity index (χ2v) is 5.31. The number of nitrogens with two attached hydrogens (primary N) is 1. The molecule has 22 heavy (non-hydrogen) atoms. The molecule has 1 aliphatic heterocycles. The molecule has 0 saturated carbocycles. The van der Waals surface area contributed by atoms with Gasteiger partial charge in [-0.15, -0.1) is 5.06 Å². The van der Waals surface area contributed by atoms with Crippen molar-refractivity contribution < 1.29 is 9.57 Å². The number of ether oxygens (including phenoxy) is 1. The molecule has 2 heterocycles. The lowest BCUT2D eigenvalue weighted by Gasteiger charge is -2.23. The third kappa shape index (κ3) is 3.00. The molecule has 0 spiro atoms. The first-order chi connectivity index (χ1) is 10.7. The number of hydrogen-bond donors (Lipinski definition) is 1. The van der Waals surface area contributed by atoms with E-state index in [4.69, 9.17) is 26.9 Å². The number of hydroxylamine groups is 2. The maximum atomic E-state index is 6.21. The lowest BCUT2D eigenvalue weighted by molar-refractivity contribution is -0.127. The topological polar surface area (TPSA) is 60.6 Å². The zero-order chi connectivity index (χ0) is 15.5. The predicted molar refractivity (Wildman–Crippen MR) is 83.9 cm³/mol. The van der Waals surface area contributed by atoms with Crippen molar-refractivity contribution >= 4 is 11.6 Å². The van der Waals surface area contributed by atoms with Crippen LogP contribution in [0.4, 0.5) is 0 Å². The highest BCUT2D eigenvalue weighted by molar-refractivity contribution is 6.31. The van der Waals surface area contributed by atoms with Crippen molar-refractivity contribution in [3.8, 4) is 5.88 Å². The first kappa shape index (κ1) is 14.7. The van der Waals surface area contributed by atoms with Crippen LogP contribution in [0.2, 0.25) is 5.02 Å². The molecule has 3 rings (SSSR count). The van der Waals surface area contributed by atoms with Crippen LogP contribution in [0, 0.1) is 0 Å². The van der Waals surface area contributed by atoms with Gasteiger partial charge in [-0.05, 0) is 17.2 Å². The summed E-state index contributed by atoms with van der Waals surface area (Å²) in [6, 6.07) is 11.3. The van der Waals surface area contributed by atoms with E-state index in [1.54, 1.807) is 18.4 Å². The third-order valence-electron chi connectivity index (χ3n) is 3.45. The Hall–Kier alpha value is -2.24. The molecule has 6 heteroatoms. The number of methoxy groups -OCH3 is 1. The fourth-order valence-corrected chi connectivity index (χ4v) is 2.53. The van der Waals surface area contributed by atoms with E-state index in [0.717, 1.165) is 11.1 Å². The molecule has 0 fully saturated rings. The first-order valence-electron chi connectivity index (χ1n) is 6.82. The standard InChI is InChI=1S/C16H16ClN3O2/c1-21-16-7-6-11(9-19-16)14-8-15(18)22-20(14)10-12-4-2-3-5-13(12)17/h2-9,14H,10,18H2,1H3. The summed E-state index contributed by atoms with van der Waals surface area (Å²) in [5, 5.41) is 2.48. The summed E-state index contributed by atoms with van der Waals surface area (Å²) in [7, 11) is 1.59. The van der Waals surface area contributed by atoms with Gasteiger partial charge in [0.2, 0.25) is 11.8 Å². The van der Waals surface area contributed by atoms with Gasteiger partial charge < -0.3 is 15.3 Å². The van der Waals surface area contributed by atoms with Gasteiger partial charge in [-0.3, -0.25) is 0 Å². The highest BCUT2D eigenvalue weighted by Crippen LogP contribution is 2.32. The van der Waals surface area contributed by atoms with Crippen LogP contribution in [-0.2, 0) is 11.4 Å². The number of pyridine rings is 1. The number of benzene rings is 1. The van der Waals surface area contributed by atoms with Crippen LogP contribution in [-0.4, -0.2) is 17.2 Å². The summed E-state index contributed by atoms with van der Waals surface area (Å²) in [6.07, 6.45) is 3.60. The van der Waals surface area contributed by atoms with E-state index in [9.17, 15) is 0 Å². The van der Waals surface area contributed by atoms with E-state index in [2.05, 4.69) is 4.98 Å².